The third kappa shape index (κ3) is 5.32. The van der Waals surface area contributed by atoms with E-state index in [9.17, 15) is 4.79 Å². The molecule has 3 N–H and O–H groups in total. The van der Waals surface area contributed by atoms with Crippen molar-refractivity contribution in [3.8, 4) is 0 Å². The zero-order chi connectivity index (χ0) is 15.1. The minimum absolute atomic E-state index is 0.00669. The smallest absolute Gasteiger partial charge is 0.230 e. The van der Waals surface area contributed by atoms with Gasteiger partial charge in [0.1, 0.15) is 0 Å². The minimum Gasteiger partial charge on any atom is -0.392 e. The average Bonchev–Trinajstić information content (AvgIpc) is 2.52. The summed E-state index contributed by atoms with van der Waals surface area (Å²) in [6.45, 7) is 0. The minimum atomic E-state index is -0.149. The Morgan fingerprint density at radius 3 is 2.57 bits per heavy atom. The summed E-state index contributed by atoms with van der Waals surface area (Å²) in [6, 6.07) is 9.77. The lowest BCUT2D eigenvalue weighted by molar-refractivity contribution is -0.119. The molecular formula is C16H22N2OS2. The largest absolute Gasteiger partial charge is 0.392 e. The Balaban J connectivity index is 1.84. The summed E-state index contributed by atoms with van der Waals surface area (Å²) < 4.78 is 0. The number of carbonyl (C=O) groups is 1. The second-order valence-electron chi connectivity index (χ2n) is 5.45. The van der Waals surface area contributed by atoms with E-state index in [1.807, 2.05) is 30.3 Å². The number of thiocarbonyl (C=S) groups is 1. The first-order valence-electron chi connectivity index (χ1n) is 7.43. The van der Waals surface area contributed by atoms with E-state index in [4.69, 9.17) is 18.0 Å². The van der Waals surface area contributed by atoms with Crippen molar-refractivity contribution in [3.05, 3.63) is 30.3 Å². The maximum atomic E-state index is 12.1. The molecule has 0 saturated heterocycles. The van der Waals surface area contributed by atoms with Crippen molar-refractivity contribution in [2.75, 3.05) is 5.75 Å². The molecule has 114 valence electrons. The van der Waals surface area contributed by atoms with Crippen LogP contribution in [0.25, 0.3) is 0 Å². The fourth-order valence-corrected chi connectivity index (χ4v) is 3.75. The van der Waals surface area contributed by atoms with Crippen molar-refractivity contribution >= 4 is 34.9 Å². The Kier molecular flexibility index (Phi) is 6.51. The summed E-state index contributed by atoms with van der Waals surface area (Å²) in [4.78, 5) is 13.6. The number of rotatable bonds is 6. The predicted octanol–water partition coefficient (Wildman–Crippen LogP) is 3.13. The van der Waals surface area contributed by atoms with Crippen LogP contribution in [0.4, 0.5) is 0 Å². The molecule has 1 atom stereocenters. The summed E-state index contributed by atoms with van der Waals surface area (Å²) in [5, 5.41) is 3.03. The molecule has 5 heteroatoms. The summed E-state index contributed by atoms with van der Waals surface area (Å²) in [5.74, 6) is 0.810. The Morgan fingerprint density at radius 1 is 1.29 bits per heavy atom. The van der Waals surface area contributed by atoms with Crippen molar-refractivity contribution in [2.24, 2.45) is 11.7 Å². The van der Waals surface area contributed by atoms with Gasteiger partial charge in [0.05, 0.1) is 16.8 Å². The van der Waals surface area contributed by atoms with E-state index in [-0.39, 0.29) is 11.9 Å². The van der Waals surface area contributed by atoms with Gasteiger partial charge in [0.15, 0.2) is 0 Å². The van der Waals surface area contributed by atoms with Crippen LogP contribution in [0.15, 0.2) is 35.2 Å². The Bertz CT molecular complexity index is 472. The van der Waals surface area contributed by atoms with Gasteiger partial charge >= 0.3 is 0 Å². The third-order valence-electron chi connectivity index (χ3n) is 3.86. The summed E-state index contributed by atoms with van der Waals surface area (Å²) in [7, 11) is 0. The first kappa shape index (κ1) is 16.3. The van der Waals surface area contributed by atoms with Crippen LogP contribution in [0, 0.1) is 5.92 Å². The molecule has 0 aliphatic heterocycles. The van der Waals surface area contributed by atoms with Crippen LogP contribution in [0.3, 0.4) is 0 Å². The number of hydrogen-bond acceptors (Lipinski definition) is 3. The lowest BCUT2D eigenvalue weighted by Gasteiger charge is -2.30. The molecule has 0 heterocycles. The van der Waals surface area contributed by atoms with Crippen molar-refractivity contribution in [1.82, 2.24) is 5.32 Å². The van der Waals surface area contributed by atoms with E-state index in [0.717, 1.165) is 17.7 Å². The van der Waals surface area contributed by atoms with Crippen LogP contribution in [-0.2, 0) is 4.79 Å². The molecular weight excluding hydrogens is 300 g/mol. The van der Waals surface area contributed by atoms with Gasteiger partial charge in [-0.25, -0.2) is 0 Å². The summed E-state index contributed by atoms with van der Waals surface area (Å²) >= 11 is 6.68. The third-order valence-corrected chi connectivity index (χ3v) is 5.12. The molecule has 0 bridgehead atoms. The lowest BCUT2D eigenvalue weighted by Crippen LogP contribution is -2.49. The van der Waals surface area contributed by atoms with Gasteiger partial charge in [-0.05, 0) is 30.9 Å². The highest BCUT2D eigenvalue weighted by atomic mass is 32.2. The normalized spacial score (nSPS) is 17.1. The van der Waals surface area contributed by atoms with Crippen LogP contribution in [0.2, 0.25) is 0 Å². The topological polar surface area (TPSA) is 55.1 Å². The number of amides is 1. The van der Waals surface area contributed by atoms with E-state index in [1.54, 1.807) is 0 Å². The fourth-order valence-electron chi connectivity index (χ4n) is 2.77. The van der Waals surface area contributed by atoms with E-state index in [1.165, 1.54) is 31.0 Å². The molecule has 1 saturated carbocycles. The molecule has 1 amide bonds. The molecule has 21 heavy (non-hydrogen) atoms. The number of carbonyl (C=O) groups excluding carboxylic acids is 1. The lowest BCUT2D eigenvalue weighted by atomic mass is 9.84. The number of benzene rings is 1. The molecule has 1 unspecified atom stereocenters. The van der Waals surface area contributed by atoms with Gasteiger partial charge in [-0.2, -0.15) is 0 Å². The zero-order valence-electron chi connectivity index (χ0n) is 12.1. The van der Waals surface area contributed by atoms with Crippen molar-refractivity contribution in [2.45, 2.75) is 43.0 Å². The van der Waals surface area contributed by atoms with Gasteiger partial charge in [0.25, 0.3) is 0 Å². The molecule has 1 aromatic carbocycles. The maximum Gasteiger partial charge on any atom is 0.230 e. The van der Waals surface area contributed by atoms with Gasteiger partial charge < -0.3 is 11.1 Å². The van der Waals surface area contributed by atoms with Gasteiger partial charge in [-0.1, -0.05) is 49.7 Å². The molecule has 1 fully saturated rings. The number of nitrogens with one attached hydrogen (secondary N) is 1. The first-order chi connectivity index (χ1) is 10.2. The molecule has 1 aliphatic carbocycles. The maximum absolute atomic E-state index is 12.1. The quantitative estimate of drug-likeness (QED) is 0.624. The van der Waals surface area contributed by atoms with E-state index in [0.29, 0.717) is 16.7 Å². The van der Waals surface area contributed by atoms with Gasteiger partial charge in [0.2, 0.25) is 5.91 Å². The number of hydrogen-bond donors (Lipinski definition) is 2. The highest BCUT2D eigenvalue weighted by Gasteiger charge is 2.27. The van der Waals surface area contributed by atoms with Crippen molar-refractivity contribution < 1.29 is 4.79 Å². The molecule has 1 aliphatic rings. The number of thioether (sulfide) groups is 1. The molecule has 3 nitrogen and oxygen atoms in total. The van der Waals surface area contributed by atoms with Crippen LogP contribution in [0.1, 0.15) is 32.1 Å². The monoisotopic (exact) mass is 322 g/mol. The Labute approximate surface area is 136 Å². The van der Waals surface area contributed by atoms with E-state index in [2.05, 4.69) is 5.32 Å². The fraction of sp³-hybridized carbons (Fsp3) is 0.500. The van der Waals surface area contributed by atoms with Crippen LogP contribution < -0.4 is 11.1 Å². The van der Waals surface area contributed by atoms with Crippen molar-refractivity contribution in [3.63, 3.8) is 0 Å². The van der Waals surface area contributed by atoms with E-state index >= 15 is 0 Å². The molecule has 0 radical (unpaired) electrons. The Morgan fingerprint density at radius 2 is 1.95 bits per heavy atom. The second kappa shape index (κ2) is 8.39. The van der Waals surface area contributed by atoms with E-state index < -0.39 is 0 Å². The first-order valence-corrected chi connectivity index (χ1v) is 8.82. The van der Waals surface area contributed by atoms with Crippen LogP contribution >= 0.6 is 24.0 Å². The highest BCUT2D eigenvalue weighted by Crippen LogP contribution is 2.27. The molecule has 1 aromatic rings. The Hall–Kier alpha value is -1.07. The molecule has 0 spiro atoms. The van der Waals surface area contributed by atoms with Gasteiger partial charge in [-0.15, -0.1) is 11.8 Å². The van der Waals surface area contributed by atoms with Crippen LogP contribution in [-0.4, -0.2) is 22.7 Å². The van der Waals surface area contributed by atoms with Crippen LogP contribution in [0.5, 0.6) is 0 Å². The second-order valence-corrected chi connectivity index (χ2v) is 6.97. The molecule has 2 rings (SSSR count). The zero-order valence-corrected chi connectivity index (χ0v) is 13.7. The highest BCUT2D eigenvalue weighted by molar-refractivity contribution is 8.00. The summed E-state index contributed by atoms with van der Waals surface area (Å²) in [5.41, 5.74) is 5.83. The number of nitrogens with two attached hydrogens (primary N) is 1. The predicted molar refractivity (Wildman–Crippen MR) is 92.5 cm³/mol. The molecule has 0 aromatic heterocycles. The SMILES string of the molecule is NC(=S)C(NC(=O)CSc1ccccc1)C1CCCCC1. The average molecular weight is 322 g/mol. The van der Waals surface area contributed by atoms with Gasteiger partial charge in [0, 0.05) is 4.90 Å². The van der Waals surface area contributed by atoms with Crippen molar-refractivity contribution in [1.29, 1.82) is 0 Å². The standard InChI is InChI=1S/C16H22N2OS2/c17-16(20)15(12-7-3-1-4-8-12)18-14(19)11-21-13-9-5-2-6-10-13/h2,5-6,9-10,12,15H,1,3-4,7-8,11H2,(H2,17,20)(H,18,19). The van der Waals surface area contributed by atoms with Gasteiger partial charge in [-0.3, -0.25) is 4.79 Å². The summed E-state index contributed by atoms with van der Waals surface area (Å²) in [6.07, 6.45) is 5.90.